The van der Waals surface area contributed by atoms with Gasteiger partial charge in [-0.2, -0.15) is 0 Å². The molecule has 1 radical (unpaired) electrons. The average Bonchev–Trinajstić information content (AvgIpc) is 1.87. The number of hydrogen-bond donors (Lipinski definition) is 1. The fourth-order valence-corrected chi connectivity index (χ4v) is 0.469. The Labute approximate surface area is 61.5 Å². The minimum atomic E-state index is -0.512. The second-order valence-corrected chi connectivity index (χ2v) is 2.44. The fraction of sp³-hybridized carbons (Fsp3) is 0.714. The number of hydrogen-bond acceptors (Lipinski definition) is 3. The standard InChI is InChI=1S/C7H14NO2/c1-4-10-7(9)6(8)5(2)3/h5-6H,1,4,8H2,2-3H3/t6-/m0/s1. The van der Waals surface area contributed by atoms with Gasteiger partial charge in [0.1, 0.15) is 6.04 Å². The van der Waals surface area contributed by atoms with Crippen LogP contribution in [0.4, 0.5) is 0 Å². The molecule has 0 saturated carbocycles. The van der Waals surface area contributed by atoms with E-state index in [9.17, 15) is 4.79 Å². The van der Waals surface area contributed by atoms with E-state index in [-0.39, 0.29) is 18.5 Å². The van der Waals surface area contributed by atoms with Gasteiger partial charge in [0, 0.05) is 0 Å². The highest BCUT2D eigenvalue weighted by Gasteiger charge is 2.17. The van der Waals surface area contributed by atoms with Crippen molar-refractivity contribution in [1.29, 1.82) is 0 Å². The van der Waals surface area contributed by atoms with Crippen molar-refractivity contribution in [2.75, 3.05) is 6.61 Å². The van der Waals surface area contributed by atoms with Gasteiger partial charge in [0.25, 0.3) is 0 Å². The molecule has 0 bridgehead atoms. The van der Waals surface area contributed by atoms with Crippen LogP contribution in [0.15, 0.2) is 0 Å². The highest BCUT2D eigenvalue weighted by atomic mass is 16.5. The molecule has 0 aromatic rings. The van der Waals surface area contributed by atoms with Gasteiger partial charge in [0.15, 0.2) is 0 Å². The van der Waals surface area contributed by atoms with Crippen LogP contribution in [-0.2, 0) is 9.53 Å². The van der Waals surface area contributed by atoms with Crippen molar-refractivity contribution in [2.24, 2.45) is 11.7 Å². The van der Waals surface area contributed by atoms with Crippen LogP contribution in [0.1, 0.15) is 13.8 Å². The van der Waals surface area contributed by atoms with Crippen LogP contribution < -0.4 is 5.73 Å². The molecule has 0 rings (SSSR count). The maximum Gasteiger partial charge on any atom is 0.323 e. The molecule has 0 heterocycles. The summed E-state index contributed by atoms with van der Waals surface area (Å²) in [6.45, 7) is 7.26. The zero-order valence-corrected chi connectivity index (χ0v) is 6.46. The Hall–Kier alpha value is -0.570. The summed E-state index contributed by atoms with van der Waals surface area (Å²) in [5.74, 6) is -0.246. The van der Waals surface area contributed by atoms with Crippen LogP contribution in [0, 0.1) is 12.8 Å². The molecule has 0 aliphatic carbocycles. The lowest BCUT2D eigenvalue weighted by atomic mass is 10.1. The van der Waals surface area contributed by atoms with E-state index in [1.807, 2.05) is 13.8 Å². The predicted molar refractivity (Wildman–Crippen MR) is 39.1 cm³/mol. The van der Waals surface area contributed by atoms with Crippen LogP contribution in [0.3, 0.4) is 0 Å². The molecule has 0 amide bonds. The first kappa shape index (κ1) is 9.43. The molecular weight excluding hydrogens is 130 g/mol. The van der Waals surface area contributed by atoms with E-state index in [1.54, 1.807) is 0 Å². The highest BCUT2D eigenvalue weighted by Crippen LogP contribution is 1.99. The molecule has 59 valence electrons. The van der Waals surface area contributed by atoms with E-state index in [1.165, 1.54) is 0 Å². The minimum absolute atomic E-state index is 0.124. The van der Waals surface area contributed by atoms with Crippen molar-refractivity contribution in [1.82, 2.24) is 0 Å². The molecule has 0 fully saturated rings. The zero-order chi connectivity index (χ0) is 8.15. The number of carbonyl (C=O) groups excluding carboxylic acids is 1. The summed E-state index contributed by atoms with van der Waals surface area (Å²) < 4.78 is 4.59. The van der Waals surface area contributed by atoms with Crippen LogP contribution in [-0.4, -0.2) is 18.6 Å². The largest absolute Gasteiger partial charge is 0.465 e. The van der Waals surface area contributed by atoms with E-state index in [4.69, 9.17) is 5.73 Å². The van der Waals surface area contributed by atoms with Crippen molar-refractivity contribution in [3.63, 3.8) is 0 Å². The van der Waals surface area contributed by atoms with E-state index in [0.717, 1.165) is 0 Å². The smallest absolute Gasteiger partial charge is 0.323 e. The Bertz CT molecular complexity index is 112. The molecule has 10 heavy (non-hydrogen) atoms. The lowest BCUT2D eigenvalue weighted by Gasteiger charge is -2.12. The Morgan fingerprint density at radius 2 is 2.20 bits per heavy atom. The van der Waals surface area contributed by atoms with Crippen LogP contribution in [0.5, 0.6) is 0 Å². The first-order valence-corrected chi connectivity index (χ1v) is 3.31. The molecule has 0 saturated heterocycles. The maximum atomic E-state index is 10.8. The molecular formula is C7H14NO2. The molecule has 2 N–H and O–H groups in total. The summed E-state index contributed by atoms with van der Waals surface area (Å²) in [6, 6.07) is -0.512. The summed E-state index contributed by atoms with van der Waals surface area (Å²) in [6.07, 6.45) is 0. The second kappa shape index (κ2) is 4.28. The predicted octanol–water partition coefficient (Wildman–Crippen LogP) is 0.347. The third-order valence-electron chi connectivity index (χ3n) is 1.23. The Morgan fingerprint density at radius 1 is 1.70 bits per heavy atom. The zero-order valence-electron chi connectivity index (χ0n) is 6.46. The Balaban J connectivity index is 3.71. The van der Waals surface area contributed by atoms with Gasteiger partial charge in [-0.1, -0.05) is 13.8 Å². The van der Waals surface area contributed by atoms with Crippen molar-refractivity contribution < 1.29 is 9.53 Å². The summed E-state index contributed by atoms with van der Waals surface area (Å²) >= 11 is 0. The number of rotatable bonds is 3. The summed E-state index contributed by atoms with van der Waals surface area (Å²) in [4.78, 5) is 10.8. The van der Waals surface area contributed by atoms with Crippen molar-refractivity contribution in [3.05, 3.63) is 6.92 Å². The quantitative estimate of drug-likeness (QED) is 0.581. The summed E-state index contributed by atoms with van der Waals surface area (Å²) in [5, 5.41) is 0. The summed E-state index contributed by atoms with van der Waals surface area (Å²) in [5.41, 5.74) is 5.44. The van der Waals surface area contributed by atoms with Crippen molar-refractivity contribution >= 4 is 5.97 Å². The summed E-state index contributed by atoms with van der Waals surface area (Å²) in [7, 11) is 0. The number of carbonyl (C=O) groups is 1. The lowest BCUT2D eigenvalue weighted by Crippen LogP contribution is -2.36. The first-order chi connectivity index (χ1) is 4.59. The van der Waals surface area contributed by atoms with Crippen molar-refractivity contribution in [2.45, 2.75) is 19.9 Å². The monoisotopic (exact) mass is 144 g/mol. The van der Waals surface area contributed by atoms with Gasteiger partial charge in [-0.05, 0) is 12.8 Å². The molecule has 0 unspecified atom stereocenters. The topological polar surface area (TPSA) is 52.3 Å². The van der Waals surface area contributed by atoms with Crippen LogP contribution in [0.25, 0.3) is 0 Å². The van der Waals surface area contributed by atoms with Gasteiger partial charge in [-0.15, -0.1) is 0 Å². The average molecular weight is 144 g/mol. The second-order valence-electron chi connectivity index (χ2n) is 2.44. The first-order valence-electron chi connectivity index (χ1n) is 3.31. The lowest BCUT2D eigenvalue weighted by molar-refractivity contribution is -0.145. The van der Waals surface area contributed by atoms with Crippen molar-refractivity contribution in [3.8, 4) is 0 Å². The SMILES string of the molecule is [CH2]COC(=O)[C@@H](N)C(C)C. The highest BCUT2D eigenvalue weighted by molar-refractivity contribution is 5.75. The number of nitrogens with two attached hydrogens (primary N) is 1. The van der Waals surface area contributed by atoms with Crippen LogP contribution in [0.2, 0.25) is 0 Å². The van der Waals surface area contributed by atoms with E-state index >= 15 is 0 Å². The molecule has 0 aromatic carbocycles. The van der Waals surface area contributed by atoms with E-state index in [2.05, 4.69) is 11.7 Å². The van der Waals surface area contributed by atoms with Gasteiger partial charge in [0.05, 0.1) is 6.61 Å². The number of esters is 1. The van der Waals surface area contributed by atoms with Gasteiger partial charge < -0.3 is 10.5 Å². The maximum absolute atomic E-state index is 10.8. The van der Waals surface area contributed by atoms with Gasteiger partial charge in [-0.25, -0.2) is 0 Å². The molecule has 3 heteroatoms. The van der Waals surface area contributed by atoms with Crippen LogP contribution >= 0.6 is 0 Å². The Morgan fingerprint density at radius 3 is 2.50 bits per heavy atom. The van der Waals surface area contributed by atoms with Gasteiger partial charge in [0.2, 0.25) is 0 Å². The van der Waals surface area contributed by atoms with Gasteiger partial charge >= 0.3 is 5.97 Å². The molecule has 0 spiro atoms. The number of ether oxygens (including phenoxy) is 1. The fourth-order valence-electron chi connectivity index (χ4n) is 0.469. The third-order valence-corrected chi connectivity index (χ3v) is 1.23. The third kappa shape index (κ3) is 2.82. The Kier molecular flexibility index (Phi) is 4.03. The van der Waals surface area contributed by atoms with E-state index in [0.29, 0.717) is 0 Å². The molecule has 3 nitrogen and oxygen atoms in total. The molecule has 0 aliphatic heterocycles. The van der Waals surface area contributed by atoms with Gasteiger partial charge in [-0.3, -0.25) is 4.79 Å². The molecule has 0 aliphatic rings. The molecule has 0 aromatic heterocycles. The minimum Gasteiger partial charge on any atom is -0.465 e. The van der Waals surface area contributed by atoms with E-state index < -0.39 is 6.04 Å². The molecule has 1 atom stereocenters. The normalized spacial score (nSPS) is 13.3.